The number of hydrogen-bond donors (Lipinski definition) is 2. The van der Waals surface area contributed by atoms with E-state index in [0.717, 1.165) is 11.3 Å². The third-order valence-electron chi connectivity index (χ3n) is 2.20. The maximum absolute atomic E-state index is 5.45. The Morgan fingerprint density at radius 3 is 2.56 bits per heavy atom. The molecule has 18 heavy (non-hydrogen) atoms. The van der Waals surface area contributed by atoms with Gasteiger partial charge in [0.05, 0.1) is 7.11 Å². The van der Waals surface area contributed by atoms with Crippen LogP contribution >= 0.6 is 0 Å². The molecule has 0 fully saturated rings. The van der Waals surface area contributed by atoms with E-state index in [1.165, 1.54) is 6.33 Å². The fourth-order valence-corrected chi connectivity index (χ4v) is 1.32. The van der Waals surface area contributed by atoms with Crippen molar-refractivity contribution in [3.63, 3.8) is 0 Å². The number of nitrogen functional groups attached to an aromatic ring is 1. The Kier molecular flexibility index (Phi) is 5.13. The van der Waals surface area contributed by atoms with Crippen LogP contribution in [0.2, 0.25) is 0 Å². The first-order valence-electron chi connectivity index (χ1n) is 5.09. The number of rotatable bonds is 4. The molecule has 0 spiro atoms. The molecule has 0 aliphatic heterocycles. The second-order valence-corrected chi connectivity index (χ2v) is 3.37. The van der Waals surface area contributed by atoms with E-state index in [1.807, 2.05) is 24.3 Å². The molecule has 1 heterocycles. The van der Waals surface area contributed by atoms with Crippen molar-refractivity contribution in [1.82, 2.24) is 15.0 Å². The number of halogens is 1. The summed E-state index contributed by atoms with van der Waals surface area (Å²) in [6, 6.07) is 7.74. The summed E-state index contributed by atoms with van der Waals surface area (Å²) in [7, 11) is 1.64. The van der Waals surface area contributed by atoms with E-state index in [-0.39, 0.29) is 18.4 Å². The number of ether oxygens (including phenoxy) is 1. The Labute approximate surface area is 111 Å². The molecule has 1 aromatic carbocycles. The highest BCUT2D eigenvalue weighted by molar-refractivity contribution is 5.33. The molecule has 0 aliphatic rings. The normalized spacial score (nSPS) is 9.39. The third kappa shape index (κ3) is 3.74. The van der Waals surface area contributed by atoms with Crippen molar-refractivity contribution in [1.29, 1.82) is 0 Å². The summed E-state index contributed by atoms with van der Waals surface area (Å²) in [5.74, 6) is 1.50. The summed E-state index contributed by atoms with van der Waals surface area (Å²) in [4.78, 5) is 11.6. The van der Waals surface area contributed by atoms with E-state index in [2.05, 4.69) is 20.3 Å². The zero-order valence-corrected chi connectivity index (χ0v) is 10.6. The van der Waals surface area contributed by atoms with Crippen molar-refractivity contribution >= 4 is 11.9 Å². The average molecular weight is 267 g/mol. The van der Waals surface area contributed by atoms with Gasteiger partial charge in [0.2, 0.25) is 11.9 Å². The molecule has 0 radical (unpaired) electrons. The lowest BCUT2D eigenvalue weighted by atomic mass is 10.2. The molecule has 0 aliphatic carbocycles. The van der Waals surface area contributed by atoms with Crippen molar-refractivity contribution in [2.75, 3.05) is 18.2 Å². The van der Waals surface area contributed by atoms with Crippen LogP contribution < -0.4 is 28.2 Å². The van der Waals surface area contributed by atoms with Gasteiger partial charge in [0.25, 0.3) is 0 Å². The van der Waals surface area contributed by atoms with Crippen LogP contribution in [0.5, 0.6) is 5.75 Å². The van der Waals surface area contributed by atoms with Gasteiger partial charge in [-0.3, -0.25) is 0 Å². The summed E-state index contributed by atoms with van der Waals surface area (Å²) in [6.07, 6.45) is 1.37. The molecular weight excluding hydrogens is 254 g/mol. The molecule has 2 rings (SSSR count). The minimum atomic E-state index is 0. The first kappa shape index (κ1) is 14.0. The molecular formula is C11H13ClN5O-. The average Bonchev–Trinajstić information content (AvgIpc) is 2.37. The Balaban J connectivity index is 0.00000162. The number of benzene rings is 1. The molecule has 0 saturated carbocycles. The Morgan fingerprint density at radius 2 is 1.94 bits per heavy atom. The second kappa shape index (κ2) is 6.61. The number of methoxy groups -OCH3 is 1. The Hall–Kier alpha value is -2.08. The van der Waals surface area contributed by atoms with E-state index >= 15 is 0 Å². The maximum Gasteiger partial charge on any atom is 0.227 e. The van der Waals surface area contributed by atoms with Crippen LogP contribution in [-0.2, 0) is 6.54 Å². The fraction of sp³-hybridized carbons (Fsp3) is 0.182. The van der Waals surface area contributed by atoms with Crippen LogP contribution in [0.3, 0.4) is 0 Å². The van der Waals surface area contributed by atoms with Crippen LogP contribution in [0.4, 0.5) is 11.9 Å². The van der Waals surface area contributed by atoms with Crippen LogP contribution in [-0.4, -0.2) is 22.1 Å². The molecule has 0 atom stereocenters. The van der Waals surface area contributed by atoms with Crippen LogP contribution in [0.1, 0.15) is 5.56 Å². The molecule has 2 aromatic rings. The Bertz CT molecular complexity index is 491. The van der Waals surface area contributed by atoms with Gasteiger partial charge in [-0.1, -0.05) is 12.1 Å². The predicted molar refractivity (Wildman–Crippen MR) is 64.6 cm³/mol. The number of anilines is 2. The van der Waals surface area contributed by atoms with E-state index in [9.17, 15) is 0 Å². The molecule has 6 nitrogen and oxygen atoms in total. The fourth-order valence-electron chi connectivity index (χ4n) is 1.32. The monoisotopic (exact) mass is 266 g/mol. The van der Waals surface area contributed by atoms with Gasteiger partial charge in [0.1, 0.15) is 12.1 Å². The summed E-state index contributed by atoms with van der Waals surface area (Å²) in [6.45, 7) is 0.618. The maximum atomic E-state index is 5.45. The summed E-state index contributed by atoms with van der Waals surface area (Å²) < 4.78 is 5.08. The number of nitrogens with one attached hydrogen (secondary N) is 1. The standard InChI is InChI=1S/C11H13N5O.ClH/c1-17-9-4-2-8(3-5-9)6-13-11-15-7-14-10(12)16-11;/h2-5,7H,6H2,1H3,(H3,12,13,14,15,16);1H/p-1. The summed E-state index contributed by atoms with van der Waals surface area (Å²) in [5.41, 5.74) is 6.55. The number of aromatic nitrogens is 3. The lowest BCUT2D eigenvalue weighted by Crippen LogP contribution is -3.00. The van der Waals surface area contributed by atoms with E-state index in [4.69, 9.17) is 10.5 Å². The van der Waals surface area contributed by atoms with Crippen molar-refractivity contribution in [2.45, 2.75) is 6.54 Å². The summed E-state index contributed by atoms with van der Waals surface area (Å²) in [5, 5.41) is 3.06. The molecule has 0 unspecified atom stereocenters. The highest BCUT2D eigenvalue weighted by Crippen LogP contribution is 2.12. The Morgan fingerprint density at radius 1 is 1.22 bits per heavy atom. The summed E-state index contributed by atoms with van der Waals surface area (Å²) >= 11 is 0. The van der Waals surface area contributed by atoms with Gasteiger partial charge < -0.3 is 28.2 Å². The minimum Gasteiger partial charge on any atom is -1.00 e. The number of nitrogens with two attached hydrogens (primary N) is 1. The molecule has 0 bridgehead atoms. The van der Waals surface area contributed by atoms with Gasteiger partial charge in [-0.05, 0) is 17.7 Å². The second-order valence-electron chi connectivity index (χ2n) is 3.37. The topological polar surface area (TPSA) is 86.0 Å². The smallest absolute Gasteiger partial charge is 0.227 e. The van der Waals surface area contributed by atoms with Crippen molar-refractivity contribution in [3.05, 3.63) is 36.2 Å². The number of nitrogens with zero attached hydrogens (tertiary/aromatic N) is 3. The highest BCUT2D eigenvalue weighted by atomic mass is 35.5. The zero-order chi connectivity index (χ0) is 12.1. The molecule has 0 amide bonds. The van der Waals surface area contributed by atoms with Crippen molar-refractivity contribution < 1.29 is 17.1 Å². The lowest BCUT2D eigenvalue weighted by Gasteiger charge is -2.05. The first-order chi connectivity index (χ1) is 8.28. The lowest BCUT2D eigenvalue weighted by molar-refractivity contribution is -0.00000413. The molecule has 1 aromatic heterocycles. The van der Waals surface area contributed by atoms with Crippen LogP contribution in [0.15, 0.2) is 30.6 Å². The van der Waals surface area contributed by atoms with E-state index in [1.54, 1.807) is 7.11 Å². The van der Waals surface area contributed by atoms with Gasteiger partial charge in [-0.2, -0.15) is 4.98 Å². The molecule has 0 saturated heterocycles. The van der Waals surface area contributed by atoms with E-state index in [0.29, 0.717) is 12.5 Å². The largest absolute Gasteiger partial charge is 1.00 e. The van der Waals surface area contributed by atoms with E-state index < -0.39 is 0 Å². The highest BCUT2D eigenvalue weighted by Gasteiger charge is 1.98. The van der Waals surface area contributed by atoms with Crippen LogP contribution in [0, 0.1) is 0 Å². The zero-order valence-electron chi connectivity index (χ0n) is 9.80. The molecule has 3 N–H and O–H groups in total. The molecule has 7 heteroatoms. The molecule has 96 valence electrons. The first-order valence-corrected chi connectivity index (χ1v) is 5.09. The quantitative estimate of drug-likeness (QED) is 0.671. The predicted octanol–water partition coefficient (Wildman–Crippen LogP) is -1.92. The third-order valence-corrected chi connectivity index (χ3v) is 2.20. The van der Waals surface area contributed by atoms with Gasteiger partial charge >= 0.3 is 0 Å². The number of hydrogen-bond acceptors (Lipinski definition) is 6. The van der Waals surface area contributed by atoms with Crippen molar-refractivity contribution in [3.8, 4) is 5.75 Å². The van der Waals surface area contributed by atoms with Gasteiger partial charge in [0, 0.05) is 6.54 Å². The minimum absolute atomic E-state index is 0. The van der Waals surface area contributed by atoms with Gasteiger partial charge in [0.15, 0.2) is 0 Å². The van der Waals surface area contributed by atoms with Crippen LogP contribution in [0.25, 0.3) is 0 Å². The van der Waals surface area contributed by atoms with Gasteiger partial charge in [-0.25, -0.2) is 9.97 Å². The van der Waals surface area contributed by atoms with Gasteiger partial charge in [-0.15, -0.1) is 0 Å². The van der Waals surface area contributed by atoms with Crippen molar-refractivity contribution in [2.24, 2.45) is 0 Å². The SMILES string of the molecule is COc1ccc(CNc2ncnc(N)n2)cc1.[Cl-].